The highest BCUT2D eigenvalue weighted by atomic mass is 35.5. The summed E-state index contributed by atoms with van der Waals surface area (Å²) in [6.45, 7) is 4.46. The number of fused-ring (bicyclic) bond motifs is 1. The van der Waals surface area contributed by atoms with Crippen molar-refractivity contribution < 1.29 is 9.90 Å². The molecule has 0 fully saturated rings. The number of halogens is 1. The van der Waals surface area contributed by atoms with Crippen LogP contribution in [0.3, 0.4) is 0 Å². The first kappa shape index (κ1) is 11.9. The van der Waals surface area contributed by atoms with E-state index in [1.165, 1.54) is 0 Å². The molecule has 0 aliphatic carbocycles. The molecule has 0 aromatic carbocycles. The second-order valence-electron chi connectivity index (χ2n) is 3.60. The molecule has 1 N–H and O–H groups in total. The molecule has 0 saturated heterocycles. The fourth-order valence-electron chi connectivity index (χ4n) is 1.80. The molecule has 2 heterocycles. The summed E-state index contributed by atoms with van der Waals surface area (Å²) in [6.07, 6.45) is 2.08. The Morgan fingerprint density at radius 2 is 2.24 bits per heavy atom. The summed E-state index contributed by atoms with van der Waals surface area (Å²) in [5.74, 6) is -1.05. The predicted octanol–water partition coefficient (Wildman–Crippen LogP) is 2.37. The molecule has 5 nitrogen and oxygen atoms in total. The van der Waals surface area contributed by atoms with Crippen LogP contribution in [-0.2, 0) is 13.0 Å². The van der Waals surface area contributed by atoms with Crippen LogP contribution < -0.4 is 0 Å². The molecule has 90 valence electrons. The highest BCUT2D eigenvalue weighted by molar-refractivity contribution is 6.38. The predicted molar refractivity (Wildman–Crippen MR) is 64.5 cm³/mol. The number of carboxylic acid groups (broad SMARTS) is 1. The smallest absolute Gasteiger partial charge is 0.339 e. The highest BCUT2D eigenvalue weighted by Crippen LogP contribution is 2.28. The van der Waals surface area contributed by atoms with E-state index in [1.807, 2.05) is 13.8 Å². The van der Waals surface area contributed by atoms with Gasteiger partial charge in [-0.15, -0.1) is 0 Å². The average molecular weight is 254 g/mol. The van der Waals surface area contributed by atoms with E-state index in [9.17, 15) is 4.79 Å². The van der Waals surface area contributed by atoms with Crippen molar-refractivity contribution in [2.24, 2.45) is 0 Å². The topological polar surface area (TPSA) is 68.0 Å². The van der Waals surface area contributed by atoms with E-state index in [4.69, 9.17) is 16.7 Å². The Balaban J connectivity index is 2.84. The second-order valence-corrected chi connectivity index (χ2v) is 3.98. The van der Waals surface area contributed by atoms with Gasteiger partial charge in [-0.3, -0.25) is 0 Å². The molecule has 0 amide bonds. The van der Waals surface area contributed by atoms with Gasteiger partial charge in [0.15, 0.2) is 5.65 Å². The molecule has 2 rings (SSSR count). The van der Waals surface area contributed by atoms with Gasteiger partial charge >= 0.3 is 5.97 Å². The molecule has 17 heavy (non-hydrogen) atoms. The molecule has 0 aliphatic rings. The van der Waals surface area contributed by atoms with Crippen LogP contribution in [-0.4, -0.2) is 25.8 Å². The van der Waals surface area contributed by atoms with Crippen LogP contribution in [0.1, 0.15) is 29.9 Å². The average Bonchev–Trinajstić information content (AvgIpc) is 2.71. The number of nitrogens with zero attached hydrogens (tertiary/aromatic N) is 3. The molecule has 0 aliphatic heterocycles. The third kappa shape index (κ3) is 1.76. The molecule has 6 heteroatoms. The SMILES string of the molecule is CCc1nc2c(cnn2CC)c(Cl)c1C(=O)O. The minimum absolute atomic E-state index is 0.0809. The Labute approximate surface area is 103 Å². The summed E-state index contributed by atoms with van der Waals surface area (Å²) < 4.78 is 1.70. The molecular formula is C11H12ClN3O2. The summed E-state index contributed by atoms with van der Waals surface area (Å²) in [6, 6.07) is 0. The van der Waals surface area contributed by atoms with Gasteiger partial charge in [0.05, 0.1) is 22.3 Å². The first-order valence-corrected chi connectivity index (χ1v) is 5.75. The minimum atomic E-state index is -1.05. The lowest BCUT2D eigenvalue weighted by Gasteiger charge is -2.07. The van der Waals surface area contributed by atoms with Crippen molar-refractivity contribution in [2.45, 2.75) is 26.8 Å². The quantitative estimate of drug-likeness (QED) is 0.912. The maximum absolute atomic E-state index is 11.2. The van der Waals surface area contributed by atoms with E-state index in [2.05, 4.69) is 10.1 Å². The van der Waals surface area contributed by atoms with Gasteiger partial charge in [-0.1, -0.05) is 18.5 Å². The van der Waals surface area contributed by atoms with Gasteiger partial charge in [0, 0.05) is 6.54 Å². The van der Waals surface area contributed by atoms with Gasteiger partial charge in [0.25, 0.3) is 0 Å². The zero-order valence-corrected chi connectivity index (χ0v) is 10.3. The number of pyridine rings is 1. The van der Waals surface area contributed by atoms with E-state index in [0.29, 0.717) is 29.7 Å². The number of carbonyl (C=O) groups is 1. The van der Waals surface area contributed by atoms with Crippen LogP contribution >= 0.6 is 11.6 Å². The normalized spacial score (nSPS) is 11.0. The fraction of sp³-hybridized carbons (Fsp3) is 0.364. The van der Waals surface area contributed by atoms with E-state index in [1.54, 1.807) is 10.9 Å². The number of aromatic nitrogens is 3. The monoisotopic (exact) mass is 253 g/mol. The van der Waals surface area contributed by atoms with Gasteiger partial charge in [0.1, 0.15) is 5.56 Å². The summed E-state index contributed by atoms with van der Waals surface area (Å²) in [4.78, 5) is 15.5. The van der Waals surface area contributed by atoms with Crippen molar-refractivity contribution in [1.29, 1.82) is 0 Å². The number of aromatic carboxylic acids is 1. The third-order valence-electron chi connectivity index (χ3n) is 2.65. The highest BCUT2D eigenvalue weighted by Gasteiger charge is 2.20. The zero-order valence-electron chi connectivity index (χ0n) is 9.57. The second kappa shape index (κ2) is 4.33. The van der Waals surface area contributed by atoms with Crippen molar-refractivity contribution in [3.05, 3.63) is 22.5 Å². The number of hydrogen-bond donors (Lipinski definition) is 1. The summed E-state index contributed by atoms with van der Waals surface area (Å²) in [5, 5.41) is 14.1. The standard InChI is InChI=1S/C11H12ClN3O2/c1-3-7-8(11(16)17)9(12)6-5-13-15(4-2)10(6)14-7/h5H,3-4H2,1-2H3,(H,16,17). The molecule has 0 atom stereocenters. The van der Waals surface area contributed by atoms with Crippen LogP contribution in [0, 0.1) is 0 Å². The van der Waals surface area contributed by atoms with Crippen molar-refractivity contribution in [1.82, 2.24) is 14.8 Å². The lowest BCUT2D eigenvalue weighted by Crippen LogP contribution is -2.07. The Morgan fingerprint density at radius 3 is 2.76 bits per heavy atom. The van der Waals surface area contributed by atoms with E-state index in [-0.39, 0.29) is 10.6 Å². The molecular weight excluding hydrogens is 242 g/mol. The van der Waals surface area contributed by atoms with E-state index >= 15 is 0 Å². The first-order valence-electron chi connectivity index (χ1n) is 5.37. The van der Waals surface area contributed by atoms with Gasteiger partial charge in [-0.05, 0) is 13.3 Å². The van der Waals surface area contributed by atoms with Gasteiger partial charge in [-0.25, -0.2) is 14.5 Å². The molecule has 0 spiro atoms. The Hall–Kier alpha value is -1.62. The number of rotatable bonds is 3. The van der Waals surface area contributed by atoms with Crippen LogP contribution in [0.2, 0.25) is 5.02 Å². The van der Waals surface area contributed by atoms with Crippen LogP contribution in [0.5, 0.6) is 0 Å². The van der Waals surface area contributed by atoms with Crippen LogP contribution in [0.15, 0.2) is 6.20 Å². The zero-order chi connectivity index (χ0) is 12.6. The fourth-order valence-corrected chi connectivity index (χ4v) is 2.12. The van der Waals surface area contributed by atoms with Gasteiger partial charge in [-0.2, -0.15) is 5.10 Å². The molecule has 2 aromatic rings. The maximum atomic E-state index is 11.2. The lowest BCUT2D eigenvalue weighted by molar-refractivity contribution is 0.0695. The molecule has 0 bridgehead atoms. The third-order valence-corrected chi connectivity index (χ3v) is 3.04. The number of aryl methyl sites for hydroxylation is 2. The summed E-state index contributed by atoms with van der Waals surface area (Å²) in [5.41, 5.74) is 1.21. The Kier molecular flexibility index (Phi) is 3.02. The van der Waals surface area contributed by atoms with Crippen molar-refractivity contribution in [3.63, 3.8) is 0 Å². The van der Waals surface area contributed by atoms with Crippen LogP contribution in [0.4, 0.5) is 0 Å². The molecule has 0 unspecified atom stereocenters. The first-order chi connectivity index (χ1) is 8.10. The van der Waals surface area contributed by atoms with Crippen molar-refractivity contribution in [3.8, 4) is 0 Å². The van der Waals surface area contributed by atoms with E-state index in [0.717, 1.165) is 0 Å². The van der Waals surface area contributed by atoms with E-state index < -0.39 is 5.97 Å². The van der Waals surface area contributed by atoms with Crippen LogP contribution in [0.25, 0.3) is 11.0 Å². The van der Waals surface area contributed by atoms with Gasteiger partial charge < -0.3 is 5.11 Å². The van der Waals surface area contributed by atoms with Crippen molar-refractivity contribution in [2.75, 3.05) is 0 Å². The Bertz CT molecular complexity index is 592. The Morgan fingerprint density at radius 1 is 1.53 bits per heavy atom. The summed E-state index contributed by atoms with van der Waals surface area (Å²) >= 11 is 6.12. The van der Waals surface area contributed by atoms with Crippen molar-refractivity contribution >= 4 is 28.6 Å². The molecule has 0 saturated carbocycles. The molecule has 0 radical (unpaired) electrons. The molecule has 2 aromatic heterocycles. The minimum Gasteiger partial charge on any atom is -0.478 e. The summed E-state index contributed by atoms with van der Waals surface area (Å²) in [7, 11) is 0. The lowest BCUT2D eigenvalue weighted by atomic mass is 10.1. The number of carboxylic acids is 1. The maximum Gasteiger partial charge on any atom is 0.339 e. The number of hydrogen-bond acceptors (Lipinski definition) is 3. The largest absolute Gasteiger partial charge is 0.478 e. The van der Waals surface area contributed by atoms with Gasteiger partial charge in [0.2, 0.25) is 0 Å².